The Morgan fingerprint density at radius 1 is 1.45 bits per heavy atom. The van der Waals surface area contributed by atoms with Gasteiger partial charge in [-0.25, -0.2) is 4.79 Å². The van der Waals surface area contributed by atoms with Crippen LogP contribution >= 0.6 is 0 Å². The fraction of sp³-hybridized carbons (Fsp3) is 0.375. The number of carbonyl (C=O) groups excluding carboxylic acids is 1. The van der Waals surface area contributed by atoms with Gasteiger partial charge >= 0.3 is 5.97 Å². The maximum atomic E-state index is 12.0. The van der Waals surface area contributed by atoms with Gasteiger partial charge in [-0.15, -0.1) is 0 Å². The van der Waals surface area contributed by atoms with E-state index in [9.17, 15) is 4.79 Å². The van der Waals surface area contributed by atoms with E-state index in [0.717, 1.165) is 23.0 Å². The molecular weight excluding hydrogens is 252 g/mol. The number of esters is 1. The van der Waals surface area contributed by atoms with Crippen LogP contribution in [0.2, 0.25) is 0 Å². The van der Waals surface area contributed by atoms with Gasteiger partial charge in [-0.3, -0.25) is 4.98 Å². The lowest BCUT2D eigenvalue weighted by molar-refractivity contribution is -0.143. The zero-order valence-corrected chi connectivity index (χ0v) is 11.5. The number of ether oxygens (including phenoxy) is 1. The first kappa shape index (κ1) is 13.1. The molecule has 0 bridgehead atoms. The van der Waals surface area contributed by atoms with Crippen molar-refractivity contribution >= 4 is 16.9 Å². The summed E-state index contributed by atoms with van der Waals surface area (Å²) in [4.78, 5) is 16.3. The molecule has 1 fully saturated rings. The smallest absolute Gasteiger partial charge is 0.327 e. The minimum absolute atomic E-state index is 0.242. The molecule has 4 nitrogen and oxygen atoms in total. The Labute approximate surface area is 118 Å². The first-order chi connectivity index (χ1) is 9.78. The molecule has 1 aromatic carbocycles. The number of nitrogens with zero attached hydrogens (tertiary/aromatic N) is 1. The zero-order valence-electron chi connectivity index (χ0n) is 11.5. The maximum Gasteiger partial charge on any atom is 0.327 e. The van der Waals surface area contributed by atoms with E-state index in [0.29, 0.717) is 5.92 Å². The number of fused-ring (bicyclic) bond motifs is 1. The zero-order chi connectivity index (χ0) is 13.9. The van der Waals surface area contributed by atoms with Crippen LogP contribution in [0, 0.1) is 5.92 Å². The van der Waals surface area contributed by atoms with Crippen LogP contribution in [-0.2, 0) is 9.53 Å². The minimum Gasteiger partial charge on any atom is -0.468 e. The summed E-state index contributed by atoms with van der Waals surface area (Å²) in [6, 6.07) is 9.39. The summed E-state index contributed by atoms with van der Waals surface area (Å²) in [6.07, 6.45) is 4.27. The van der Waals surface area contributed by atoms with Gasteiger partial charge in [0.15, 0.2) is 0 Å². The predicted octanol–water partition coefficient (Wildman–Crippen LogP) is 2.45. The van der Waals surface area contributed by atoms with E-state index in [1.807, 2.05) is 30.3 Å². The molecule has 20 heavy (non-hydrogen) atoms. The summed E-state index contributed by atoms with van der Waals surface area (Å²) in [5.74, 6) is 0.471. The van der Waals surface area contributed by atoms with Crippen molar-refractivity contribution in [1.29, 1.82) is 0 Å². The number of carbonyl (C=O) groups is 1. The van der Waals surface area contributed by atoms with Gasteiger partial charge in [-0.05, 0) is 49.1 Å². The van der Waals surface area contributed by atoms with Gasteiger partial charge in [0.05, 0.1) is 12.6 Å². The Bertz CT molecular complexity index is 623. The van der Waals surface area contributed by atoms with E-state index in [1.54, 1.807) is 6.20 Å². The monoisotopic (exact) mass is 270 g/mol. The number of hydrogen-bond donors (Lipinski definition) is 1. The molecule has 0 aliphatic heterocycles. The van der Waals surface area contributed by atoms with Crippen molar-refractivity contribution in [3.63, 3.8) is 0 Å². The van der Waals surface area contributed by atoms with Crippen molar-refractivity contribution in [2.45, 2.75) is 18.9 Å². The van der Waals surface area contributed by atoms with Crippen LogP contribution in [0.5, 0.6) is 0 Å². The fourth-order valence-corrected chi connectivity index (χ4v) is 2.34. The molecule has 1 heterocycles. The standard InChI is InChI=1S/C16H18N2O2/c1-20-16(19)15(18-10-11-4-5-11)13-6-7-14-12(9-13)3-2-8-17-14/h2-3,6-9,11,15,18H,4-5,10H2,1H3. The number of methoxy groups -OCH3 is 1. The van der Waals surface area contributed by atoms with Crippen molar-refractivity contribution in [2.24, 2.45) is 5.92 Å². The third-order valence-electron chi connectivity index (χ3n) is 3.70. The van der Waals surface area contributed by atoms with Gasteiger partial charge in [-0.2, -0.15) is 0 Å². The van der Waals surface area contributed by atoms with Crippen molar-refractivity contribution in [3.8, 4) is 0 Å². The predicted molar refractivity (Wildman–Crippen MR) is 77.2 cm³/mol. The molecule has 104 valence electrons. The lowest BCUT2D eigenvalue weighted by atomic mass is 10.0. The highest BCUT2D eigenvalue weighted by molar-refractivity contribution is 5.83. The highest BCUT2D eigenvalue weighted by atomic mass is 16.5. The van der Waals surface area contributed by atoms with E-state index in [1.165, 1.54) is 20.0 Å². The van der Waals surface area contributed by atoms with Gasteiger partial charge in [0.25, 0.3) is 0 Å². The second-order valence-corrected chi connectivity index (χ2v) is 5.26. The third kappa shape index (κ3) is 2.80. The molecule has 1 atom stereocenters. The Morgan fingerprint density at radius 3 is 3.05 bits per heavy atom. The largest absolute Gasteiger partial charge is 0.468 e. The van der Waals surface area contributed by atoms with Gasteiger partial charge in [0.1, 0.15) is 6.04 Å². The van der Waals surface area contributed by atoms with E-state index in [2.05, 4.69) is 10.3 Å². The lowest BCUT2D eigenvalue weighted by Crippen LogP contribution is -2.31. The molecule has 4 heteroatoms. The number of pyridine rings is 1. The third-order valence-corrected chi connectivity index (χ3v) is 3.70. The van der Waals surface area contributed by atoms with Crippen molar-refractivity contribution in [1.82, 2.24) is 10.3 Å². The number of hydrogen-bond acceptors (Lipinski definition) is 4. The fourth-order valence-electron chi connectivity index (χ4n) is 2.34. The molecule has 1 aliphatic carbocycles. The summed E-state index contributed by atoms with van der Waals surface area (Å²) < 4.78 is 4.91. The van der Waals surface area contributed by atoms with Crippen LogP contribution in [0.4, 0.5) is 0 Å². The van der Waals surface area contributed by atoms with Gasteiger partial charge in [0, 0.05) is 11.6 Å². The summed E-state index contributed by atoms with van der Waals surface area (Å²) >= 11 is 0. The molecule has 1 aliphatic rings. The molecule has 3 rings (SSSR count). The van der Waals surface area contributed by atoms with E-state index >= 15 is 0 Å². The molecule has 1 aromatic heterocycles. The Hall–Kier alpha value is -1.94. The average Bonchev–Trinajstić information content (AvgIpc) is 3.31. The van der Waals surface area contributed by atoms with Gasteiger partial charge in [0.2, 0.25) is 0 Å². The molecular formula is C16H18N2O2. The topological polar surface area (TPSA) is 51.2 Å². The quantitative estimate of drug-likeness (QED) is 0.848. The minimum atomic E-state index is -0.398. The molecule has 1 N–H and O–H groups in total. The number of nitrogens with one attached hydrogen (secondary N) is 1. The van der Waals surface area contributed by atoms with Crippen molar-refractivity contribution in [3.05, 3.63) is 42.1 Å². The molecule has 2 aromatic rings. The van der Waals surface area contributed by atoms with E-state index in [4.69, 9.17) is 4.74 Å². The maximum absolute atomic E-state index is 12.0. The molecule has 1 saturated carbocycles. The highest BCUT2D eigenvalue weighted by Gasteiger charge is 2.26. The van der Waals surface area contributed by atoms with Crippen LogP contribution in [0.1, 0.15) is 24.4 Å². The number of aromatic nitrogens is 1. The average molecular weight is 270 g/mol. The molecule has 0 saturated heterocycles. The highest BCUT2D eigenvalue weighted by Crippen LogP contribution is 2.29. The van der Waals surface area contributed by atoms with Gasteiger partial charge < -0.3 is 10.1 Å². The summed E-state index contributed by atoms with van der Waals surface area (Å²) in [7, 11) is 1.43. The van der Waals surface area contributed by atoms with Gasteiger partial charge in [-0.1, -0.05) is 12.1 Å². The second kappa shape index (κ2) is 5.59. The van der Waals surface area contributed by atoms with Crippen LogP contribution in [0.25, 0.3) is 10.9 Å². The summed E-state index contributed by atoms with van der Waals surface area (Å²) in [5.41, 5.74) is 1.86. The normalized spacial score (nSPS) is 16.1. The summed E-state index contributed by atoms with van der Waals surface area (Å²) in [5, 5.41) is 4.35. The lowest BCUT2D eigenvalue weighted by Gasteiger charge is -2.17. The van der Waals surface area contributed by atoms with E-state index < -0.39 is 6.04 Å². The summed E-state index contributed by atoms with van der Waals surface area (Å²) in [6.45, 7) is 0.866. The number of benzene rings is 1. The first-order valence-electron chi connectivity index (χ1n) is 6.94. The van der Waals surface area contributed by atoms with E-state index in [-0.39, 0.29) is 5.97 Å². The Balaban J connectivity index is 1.87. The SMILES string of the molecule is COC(=O)C(NCC1CC1)c1ccc2ncccc2c1. The molecule has 0 spiro atoms. The van der Waals surface area contributed by atoms with Crippen LogP contribution < -0.4 is 5.32 Å². The molecule has 1 unspecified atom stereocenters. The second-order valence-electron chi connectivity index (χ2n) is 5.26. The van der Waals surface area contributed by atoms with Crippen molar-refractivity contribution in [2.75, 3.05) is 13.7 Å². The number of rotatable bonds is 5. The van der Waals surface area contributed by atoms with Crippen molar-refractivity contribution < 1.29 is 9.53 Å². The van der Waals surface area contributed by atoms with Crippen LogP contribution in [-0.4, -0.2) is 24.6 Å². The molecule has 0 radical (unpaired) electrons. The van der Waals surface area contributed by atoms with Crippen LogP contribution in [0.15, 0.2) is 36.5 Å². The Kier molecular flexibility index (Phi) is 3.65. The Morgan fingerprint density at radius 2 is 2.30 bits per heavy atom. The molecule has 0 amide bonds. The van der Waals surface area contributed by atoms with Crippen LogP contribution in [0.3, 0.4) is 0 Å². The first-order valence-corrected chi connectivity index (χ1v) is 6.94.